The van der Waals surface area contributed by atoms with E-state index in [0.29, 0.717) is 6.04 Å². The first kappa shape index (κ1) is 12.4. The molecule has 0 aromatic carbocycles. The molecule has 0 bridgehead atoms. The third-order valence-corrected chi connectivity index (χ3v) is 3.88. The van der Waals surface area contributed by atoms with E-state index in [4.69, 9.17) is 0 Å². The van der Waals surface area contributed by atoms with Gasteiger partial charge in [-0.2, -0.15) is 0 Å². The summed E-state index contributed by atoms with van der Waals surface area (Å²) in [5, 5.41) is 3.21. The SMILES string of the molecule is CCC1CCN(c2ccc(C(C)NC)nc2)C1. The van der Waals surface area contributed by atoms with E-state index in [-0.39, 0.29) is 0 Å². The normalized spacial score (nSPS) is 21.8. The van der Waals surface area contributed by atoms with Crippen LogP contribution in [0.2, 0.25) is 0 Å². The van der Waals surface area contributed by atoms with E-state index in [9.17, 15) is 0 Å². The minimum absolute atomic E-state index is 0.325. The van der Waals surface area contributed by atoms with E-state index in [1.54, 1.807) is 0 Å². The van der Waals surface area contributed by atoms with Crippen LogP contribution in [0.25, 0.3) is 0 Å². The predicted molar refractivity (Wildman–Crippen MR) is 72.3 cm³/mol. The minimum Gasteiger partial charge on any atom is -0.370 e. The number of pyridine rings is 1. The third-order valence-electron chi connectivity index (χ3n) is 3.88. The number of nitrogens with one attached hydrogen (secondary N) is 1. The third kappa shape index (κ3) is 2.78. The van der Waals surface area contributed by atoms with Gasteiger partial charge in [-0.05, 0) is 38.4 Å². The summed E-state index contributed by atoms with van der Waals surface area (Å²) in [6.07, 6.45) is 4.63. The Balaban J connectivity index is 2.03. The topological polar surface area (TPSA) is 28.2 Å². The molecule has 1 aromatic heterocycles. The maximum atomic E-state index is 4.54. The summed E-state index contributed by atoms with van der Waals surface area (Å²) in [7, 11) is 1.96. The summed E-state index contributed by atoms with van der Waals surface area (Å²) in [5.41, 5.74) is 2.38. The maximum Gasteiger partial charge on any atom is 0.0571 e. The summed E-state index contributed by atoms with van der Waals surface area (Å²) in [5.74, 6) is 0.867. The molecule has 1 N–H and O–H groups in total. The first-order valence-electron chi connectivity index (χ1n) is 6.62. The number of hydrogen-bond donors (Lipinski definition) is 1. The smallest absolute Gasteiger partial charge is 0.0571 e. The van der Waals surface area contributed by atoms with Crippen LogP contribution in [0, 0.1) is 5.92 Å². The molecule has 1 fully saturated rings. The lowest BCUT2D eigenvalue weighted by molar-refractivity contribution is 0.569. The average molecular weight is 233 g/mol. The standard InChI is InChI=1S/C14H23N3/c1-4-12-7-8-17(10-12)13-5-6-14(16-9-13)11(2)15-3/h5-6,9,11-12,15H,4,7-8,10H2,1-3H3. The number of hydrogen-bond acceptors (Lipinski definition) is 3. The predicted octanol–water partition coefficient (Wildman–Crippen LogP) is 2.60. The Morgan fingerprint density at radius 1 is 1.53 bits per heavy atom. The molecular formula is C14H23N3. The fourth-order valence-corrected chi connectivity index (χ4v) is 2.39. The highest BCUT2D eigenvalue weighted by Crippen LogP contribution is 2.25. The van der Waals surface area contributed by atoms with E-state index in [0.717, 1.165) is 11.6 Å². The van der Waals surface area contributed by atoms with Crippen molar-refractivity contribution in [2.75, 3.05) is 25.0 Å². The zero-order chi connectivity index (χ0) is 12.3. The Morgan fingerprint density at radius 3 is 2.88 bits per heavy atom. The molecular weight excluding hydrogens is 210 g/mol. The fraction of sp³-hybridized carbons (Fsp3) is 0.643. The van der Waals surface area contributed by atoms with Gasteiger partial charge in [-0.3, -0.25) is 4.98 Å². The fourth-order valence-electron chi connectivity index (χ4n) is 2.39. The zero-order valence-electron chi connectivity index (χ0n) is 11.1. The highest BCUT2D eigenvalue weighted by molar-refractivity contribution is 5.45. The van der Waals surface area contributed by atoms with Gasteiger partial charge in [0.15, 0.2) is 0 Å². The number of anilines is 1. The quantitative estimate of drug-likeness (QED) is 0.866. The Labute approximate surface area is 104 Å². The minimum atomic E-state index is 0.325. The largest absolute Gasteiger partial charge is 0.370 e. The van der Waals surface area contributed by atoms with Crippen LogP contribution < -0.4 is 10.2 Å². The van der Waals surface area contributed by atoms with Gasteiger partial charge in [-0.1, -0.05) is 13.3 Å². The summed E-state index contributed by atoms with van der Waals surface area (Å²) < 4.78 is 0. The first-order valence-corrected chi connectivity index (χ1v) is 6.62. The van der Waals surface area contributed by atoms with Gasteiger partial charge in [0.05, 0.1) is 17.6 Å². The van der Waals surface area contributed by atoms with Crippen LogP contribution in [-0.4, -0.2) is 25.1 Å². The molecule has 3 nitrogen and oxygen atoms in total. The average Bonchev–Trinajstić information content (AvgIpc) is 2.87. The Kier molecular flexibility index (Phi) is 4.00. The van der Waals surface area contributed by atoms with Gasteiger partial charge in [-0.15, -0.1) is 0 Å². The highest BCUT2D eigenvalue weighted by atomic mass is 15.2. The van der Waals surface area contributed by atoms with Crippen molar-refractivity contribution < 1.29 is 0 Å². The monoisotopic (exact) mass is 233 g/mol. The van der Waals surface area contributed by atoms with Gasteiger partial charge in [-0.25, -0.2) is 0 Å². The van der Waals surface area contributed by atoms with Crippen molar-refractivity contribution in [1.82, 2.24) is 10.3 Å². The summed E-state index contributed by atoms with van der Waals surface area (Å²) in [4.78, 5) is 6.99. The molecule has 1 aliphatic rings. The molecule has 0 aliphatic carbocycles. The van der Waals surface area contributed by atoms with Crippen molar-refractivity contribution >= 4 is 5.69 Å². The molecule has 2 rings (SSSR count). The molecule has 17 heavy (non-hydrogen) atoms. The van der Waals surface area contributed by atoms with Gasteiger partial charge in [0, 0.05) is 19.1 Å². The lowest BCUT2D eigenvalue weighted by atomic mass is 10.1. The van der Waals surface area contributed by atoms with Crippen molar-refractivity contribution in [2.24, 2.45) is 5.92 Å². The van der Waals surface area contributed by atoms with E-state index in [1.807, 2.05) is 13.2 Å². The van der Waals surface area contributed by atoms with Crippen LogP contribution >= 0.6 is 0 Å². The van der Waals surface area contributed by atoms with Gasteiger partial charge < -0.3 is 10.2 Å². The molecule has 2 heterocycles. The summed E-state index contributed by atoms with van der Waals surface area (Å²) in [6, 6.07) is 4.66. The molecule has 1 saturated heterocycles. The number of aromatic nitrogens is 1. The lowest BCUT2D eigenvalue weighted by Crippen LogP contribution is -2.20. The molecule has 0 spiro atoms. The molecule has 1 aromatic rings. The van der Waals surface area contributed by atoms with Crippen LogP contribution in [0.1, 0.15) is 38.4 Å². The highest BCUT2D eigenvalue weighted by Gasteiger charge is 2.21. The van der Waals surface area contributed by atoms with E-state index >= 15 is 0 Å². The Hall–Kier alpha value is -1.09. The molecule has 2 atom stereocenters. The van der Waals surface area contributed by atoms with Gasteiger partial charge in [0.25, 0.3) is 0 Å². The van der Waals surface area contributed by atoms with E-state index in [1.165, 1.54) is 31.6 Å². The zero-order valence-corrected chi connectivity index (χ0v) is 11.1. The molecule has 0 radical (unpaired) electrons. The number of nitrogens with zero attached hydrogens (tertiary/aromatic N) is 2. The van der Waals surface area contributed by atoms with Crippen molar-refractivity contribution in [1.29, 1.82) is 0 Å². The van der Waals surface area contributed by atoms with Crippen molar-refractivity contribution in [3.8, 4) is 0 Å². The van der Waals surface area contributed by atoms with Gasteiger partial charge in [0.1, 0.15) is 0 Å². The summed E-state index contributed by atoms with van der Waals surface area (Å²) >= 11 is 0. The van der Waals surface area contributed by atoms with Gasteiger partial charge >= 0.3 is 0 Å². The van der Waals surface area contributed by atoms with Crippen LogP contribution in [0.3, 0.4) is 0 Å². The number of rotatable bonds is 4. The maximum absolute atomic E-state index is 4.54. The molecule has 0 saturated carbocycles. The van der Waals surface area contributed by atoms with Crippen LogP contribution in [-0.2, 0) is 0 Å². The second kappa shape index (κ2) is 5.50. The van der Waals surface area contributed by atoms with Crippen molar-refractivity contribution in [3.05, 3.63) is 24.0 Å². The van der Waals surface area contributed by atoms with Crippen LogP contribution in [0.5, 0.6) is 0 Å². The summed E-state index contributed by atoms with van der Waals surface area (Å²) in [6.45, 7) is 6.79. The Morgan fingerprint density at radius 2 is 2.35 bits per heavy atom. The second-order valence-electron chi connectivity index (χ2n) is 4.96. The Bertz CT molecular complexity index is 347. The first-order chi connectivity index (χ1) is 8.24. The van der Waals surface area contributed by atoms with Crippen molar-refractivity contribution in [2.45, 2.75) is 32.7 Å². The lowest BCUT2D eigenvalue weighted by Gasteiger charge is -2.19. The molecule has 94 valence electrons. The molecule has 1 aliphatic heterocycles. The molecule has 3 heteroatoms. The van der Waals surface area contributed by atoms with Gasteiger partial charge in [0.2, 0.25) is 0 Å². The van der Waals surface area contributed by atoms with Crippen molar-refractivity contribution in [3.63, 3.8) is 0 Å². The van der Waals surface area contributed by atoms with Crippen LogP contribution in [0.15, 0.2) is 18.3 Å². The van der Waals surface area contributed by atoms with Crippen LogP contribution in [0.4, 0.5) is 5.69 Å². The van der Waals surface area contributed by atoms with E-state index in [2.05, 4.69) is 41.2 Å². The molecule has 2 unspecified atom stereocenters. The van der Waals surface area contributed by atoms with E-state index < -0.39 is 0 Å². The second-order valence-corrected chi connectivity index (χ2v) is 4.96. The molecule has 0 amide bonds.